The molecule has 5 nitrogen and oxygen atoms in total. The van der Waals surface area contributed by atoms with Crippen molar-refractivity contribution in [3.8, 4) is 5.88 Å². The van der Waals surface area contributed by atoms with Crippen molar-refractivity contribution in [1.29, 1.82) is 0 Å². The molecule has 6 heteroatoms. The van der Waals surface area contributed by atoms with Gasteiger partial charge in [0.2, 0.25) is 5.88 Å². The van der Waals surface area contributed by atoms with Crippen LogP contribution in [-0.2, 0) is 12.8 Å². The van der Waals surface area contributed by atoms with Gasteiger partial charge in [0.05, 0.1) is 12.8 Å². The first kappa shape index (κ1) is 22.8. The predicted octanol–water partition coefficient (Wildman–Crippen LogP) is 4.38. The maximum Gasteiger partial charge on any atom is 0.213 e. The molecule has 0 amide bonds. The lowest BCUT2D eigenvalue weighted by atomic mass is 10.00. The summed E-state index contributed by atoms with van der Waals surface area (Å²) in [6, 6.07) is 19.2. The highest BCUT2D eigenvalue weighted by Crippen LogP contribution is 2.36. The molecule has 0 aliphatic carbocycles. The molecule has 0 bridgehead atoms. The summed E-state index contributed by atoms with van der Waals surface area (Å²) in [6.45, 7) is 4.20. The van der Waals surface area contributed by atoms with E-state index in [1.54, 1.807) is 25.3 Å². The highest BCUT2D eigenvalue weighted by molar-refractivity contribution is 5.61. The van der Waals surface area contributed by atoms with Gasteiger partial charge in [0.25, 0.3) is 0 Å². The molecule has 3 aromatic rings. The third-order valence-corrected chi connectivity index (χ3v) is 7.22. The second kappa shape index (κ2) is 10.1. The lowest BCUT2D eigenvalue weighted by Crippen LogP contribution is -2.45. The van der Waals surface area contributed by atoms with E-state index in [0.717, 1.165) is 57.4 Å². The lowest BCUT2D eigenvalue weighted by Gasteiger charge is -2.38. The smallest absolute Gasteiger partial charge is 0.213 e. The number of aliphatic hydroxyl groups excluding tert-OH is 1. The summed E-state index contributed by atoms with van der Waals surface area (Å²) in [5.41, 5.74) is 5.26. The summed E-state index contributed by atoms with van der Waals surface area (Å²) in [5, 5.41) is 11.0. The molecule has 1 unspecified atom stereocenters. The first-order valence-corrected chi connectivity index (χ1v) is 12.2. The van der Waals surface area contributed by atoms with Gasteiger partial charge in [-0.1, -0.05) is 30.3 Å². The number of fused-ring (bicyclic) bond motifs is 1. The number of aliphatic hydroxyl groups is 1. The normalized spacial score (nSPS) is 17.6. The average Bonchev–Trinajstić information content (AvgIpc) is 3.31. The monoisotopic (exact) mass is 461 g/mol. The van der Waals surface area contributed by atoms with E-state index in [4.69, 9.17) is 4.74 Å². The summed E-state index contributed by atoms with van der Waals surface area (Å²) in [5.74, 6) is 0.330. The van der Waals surface area contributed by atoms with E-state index in [0.29, 0.717) is 17.6 Å². The van der Waals surface area contributed by atoms with Crippen LogP contribution >= 0.6 is 0 Å². The van der Waals surface area contributed by atoms with Gasteiger partial charge in [0.1, 0.15) is 11.9 Å². The highest BCUT2D eigenvalue weighted by Gasteiger charge is 2.30. The van der Waals surface area contributed by atoms with Crippen LogP contribution in [0.4, 0.5) is 10.1 Å². The first-order chi connectivity index (χ1) is 16.6. The number of hydrogen-bond acceptors (Lipinski definition) is 5. The Hall–Kier alpha value is -2.96. The molecule has 0 spiro atoms. The van der Waals surface area contributed by atoms with E-state index >= 15 is 0 Å². The minimum atomic E-state index is -0.781. The van der Waals surface area contributed by atoms with Gasteiger partial charge in [0.15, 0.2) is 0 Å². The molecule has 2 aliphatic heterocycles. The standard InChI is InChI=1S/C28H32FN3O2/c1-34-27-4-2-3-25(30-27)28(33)22-8-7-21-12-18-32(26(21)19-22)24-13-16-31(17-14-24)15-11-20-5-9-23(29)10-6-20/h2-10,19,24,28,33H,11-18H2,1H3. The van der Waals surface area contributed by atoms with Crippen molar-refractivity contribution in [1.82, 2.24) is 9.88 Å². The SMILES string of the molecule is COc1cccc(C(O)c2ccc3c(c2)N(C2CCN(CCc4ccc(F)cc4)CC2)CC3)n1. The third-order valence-electron chi connectivity index (χ3n) is 7.22. The van der Waals surface area contributed by atoms with Crippen molar-refractivity contribution in [3.05, 3.63) is 88.9 Å². The molecule has 0 saturated carbocycles. The first-order valence-electron chi connectivity index (χ1n) is 12.2. The molecule has 2 aromatic carbocycles. The third kappa shape index (κ3) is 4.93. The second-order valence-electron chi connectivity index (χ2n) is 9.29. The molecular formula is C28H32FN3O2. The van der Waals surface area contributed by atoms with Gasteiger partial charge in [-0.25, -0.2) is 9.37 Å². The van der Waals surface area contributed by atoms with Crippen LogP contribution in [0.3, 0.4) is 0 Å². The van der Waals surface area contributed by atoms with Crippen LogP contribution < -0.4 is 9.64 Å². The number of ether oxygens (including phenoxy) is 1. The van der Waals surface area contributed by atoms with Crippen LogP contribution in [0.5, 0.6) is 5.88 Å². The van der Waals surface area contributed by atoms with Gasteiger partial charge in [-0.3, -0.25) is 0 Å². The molecule has 1 saturated heterocycles. The number of piperidine rings is 1. The van der Waals surface area contributed by atoms with Crippen molar-refractivity contribution in [3.63, 3.8) is 0 Å². The quantitative estimate of drug-likeness (QED) is 0.566. The number of benzene rings is 2. The molecule has 34 heavy (non-hydrogen) atoms. The fourth-order valence-corrected chi connectivity index (χ4v) is 5.23. The van der Waals surface area contributed by atoms with Crippen LogP contribution in [0.25, 0.3) is 0 Å². The molecule has 3 heterocycles. The molecule has 0 radical (unpaired) electrons. The Kier molecular flexibility index (Phi) is 6.79. The Morgan fingerprint density at radius 3 is 2.62 bits per heavy atom. The van der Waals surface area contributed by atoms with Crippen molar-refractivity contribution in [2.45, 2.75) is 37.8 Å². The Morgan fingerprint density at radius 2 is 1.85 bits per heavy atom. The number of rotatable bonds is 7. The lowest BCUT2D eigenvalue weighted by molar-refractivity contribution is 0.211. The summed E-state index contributed by atoms with van der Waals surface area (Å²) < 4.78 is 18.3. The van der Waals surface area contributed by atoms with Crippen LogP contribution in [0.15, 0.2) is 60.7 Å². The zero-order valence-corrected chi connectivity index (χ0v) is 19.7. The fourth-order valence-electron chi connectivity index (χ4n) is 5.23. The number of aromatic nitrogens is 1. The number of hydrogen-bond donors (Lipinski definition) is 1. The summed E-state index contributed by atoms with van der Waals surface area (Å²) in [6.07, 6.45) is 3.49. The van der Waals surface area contributed by atoms with E-state index in [1.165, 1.54) is 16.8 Å². The average molecular weight is 462 g/mol. The van der Waals surface area contributed by atoms with Gasteiger partial charge in [0, 0.05) is 44.0 Å². The van der Waals surface area contributed by atoms with Crippen molar-refractivity contribution >= 4 is 5.69 Å². The Balaban J connectivity index is 1.22. The molecule has 5 rings (SSSR count). The van der Waals surface area contributed by atoms with E-state index in [-0.39, 0.29) is 5.82 Å². The molecule has 2 aliphatic rings. The van der Waals surface area contributed by atoms with Gasteiger partial charge < -0.3 is 19.6 Å². The van der Waals surface area contributed by atoms with Crippen molar-refractivity contribution in [2.75, 3.05) is 38.2 Å². The fraction of sp³-hybridized carbons (Fsp3) is 0.393. The van der Waals surface area contributed by atoms with Gasteiger partial charge in [-0.15, -0.1) is 0 Å². The Morgan fingerprint density at radius 1 is 1.06 bits per heavy atom. The molecule has 1 aromatic heterocycles. The highest BCUT2D eigenvalue weighted by atomic mass is 19.1. The van der Waals surface area contributed by atoms with E-state index in [2.05, 4.69) is 26.9 Å². The number of nitrogens with zero attached hydrogens (tertiary/aromatic N) is 3. The topological polar surface area (TPSA) is 48.8 Å². The second-order valence-corrected chi connectivity index (χ2v) is 9.29. The van der Waals surface area contributed by atoms with E-state index < -0.39 is 6.10 Å². The Labute approximate surface area is 200 Å². The minimum absolute atomic E-state index is 0.175. The predicted molar refractivity (Wildman–Crippen MR) is 132 cm³/mol. The zero-order valence-electron chi connectivity index (χ0n) is 19.7. The maximum absolute atomic E-state index is 13.1. The van der Waals surface area contributed by atoms with Crippen LogP contribution in [0.1, 0.15) is 41.3 Å². The zero-order chi connectivity index (χ0) is 23.5. The number of pyridine rings is 1. The number of anilines is 1. The molecule has 1 N–H and O–H groups in total. The minimum Gasteiger partial charge on any atom is -0.481 e. The molecular weight excluding hydrogens is 429 g/mol. The number of halogens is 1. The maximum atomic E-state index is 13.1. The largest absolute Gasteiger partial charge is 0.481 e. The van der Waals surface area contributed by atoms with Gasteiger partial charge >= 0.3 is 0 Å². The van der Waals surface area contributed by atoms with E-state index in [9.17, 15) is 9.50 Å². The van der Waals surface area contributed by atoms with E-state index in [1.807, 2.05) is 30.3 Å². The number of methoxy groups -OCH3 is 1. The van der Waals surface area contributed by atoms with Gasteiger partial charge in [-0.2, -0.15) is 0 Å². The number of likely N-dealkylation sites (tertiary alicyclic amines) is 1. The van der Waals surface area contributed by atoms with Crippen LogP contribution in [-0.4, -0.2) is 54.3 Å². The summed E-state index contributed by atoms with van der Waals surface area (Å²) >= 11 is 0. The van der Waals surface area contributed by atoms with Crippen LogP contribution in [0.2, 0.25) is 0 Å². The summed E-state index contributed by atoms with van der Waals surface area (Å²) in [4.78, 5) is 9.47. The van der Waals surface area contributed by atoms with Crippen molar-refractivity contribution in [2.24, 2.45) is 0 Å². The molecule has 178 valence electrons. The molecule has 1 fully saturated rings. The van der Waals surface area contributed by atoms with Gasteiger partial charge in [-0.05, 0) is 66.6 Å². The Bertz CT molecular complexity index is 1110. The van der Waals surface area contributed by atoms with Crippen molar-refractivity contribution < 1.29 is 14.2 Å². The summed E-state index contributed by atoms with van der Waals surface area (Å²) in [7, 11) is 1.58. The van der Waals surface area contributed by atoms with Crippen LogP contribution in [0, 0.1) is 5.82 Å². The molecule has 1 atom stereocenters.